The third-order valence-electron chi connectivity index (χ3n) is 4.03. The fourth-order valence-corrected chi connectivity index (χ4v) is 2.76. The van der Waals surface area contributed by atoms with Crippen LogP contribution in [0.5, 0.6) is 5.75 Å². The molecule has 1 atom stereocenters. The summed E-state index contributed by atoms with van der Waals surface area (Å²) in [6, 6.07) is 11.2. The van der Waals surface area contributed by atoms with Gasteiger partial charge in [0, 0.05) is 18.4 Å². The highest BCUT2D eigenvalue weighted by Crippen LogP contribution is 2.32. The molecule has 4 nitrogen and oxygen atoms in total. The zero-order valence-electron chi connectivity index (χ0n) is 13.9. The van der Waals surface area contributed by atoms with Gasteiger partial charge in [0.05, 0.1) is 17.2 Å². The van der Waals surface area contributed by atoms with Gasteiger partial charge in [0.2, 0.25) is 0 Å². The summed E-state index contributed by atoms with van der Waals surface area (Å²) in [6.45, 7) is 1.12. The van der Waals surface area contributed by atoms with Gasteiger partial charge >= 0.3 is 6.18 Å². The normalized spacial score (nSPS) is 17.1. The van der Waals surface area contributed by atoms with Gasteiger partial charge in [-0.3, -0.25) is 4.79 Å². The third-order valence-corrected chi connectivity index (χ3v) is 4.03. The fourth-order valence-electron chi connectivity index (χ4n) is 2.76. The minimum atomic E-state index is -4.60. The predicted molar refractivity (Wildman–Crippen MR) is 90.3 cm³/mol. The average Bonchev–Trinajstić information content (AvgIpc) is 3.13. The molecule has 2 aromatic carbocycles. The Morgan fingerprint density at radius 3 is 2.73 bits per heavy atom. The molecule has 26 heavy (non-hydrogen) atoms. The first-order valence-corrected chi connectivity index (χ1v) is 8.25. The zero-order chi connectivity index (χ0) is 18.6. The van der Waals surface area contributed by atoms with Gasteiger partial charge in [-0.2, -0.15) is 13.2 Å². The van der Waals surface area contributed by atoms with Crippen LogP contribution in [-0.4, -0.2) is 25.2 Å². The second-order valence-electron chi connectivity index (χ2n) is 5.97. The van der Waals surface area contributed by atoms with Crippen LogP contribution in [0.4, 0.5) is 18.9 Å². The number of amides is 1. The number of hydrogen-bond acceptors (Lipinski definition) is 3. The molecule has 0 aromatic heterocycles. The number of halogens is 3. The van der Waals surface area contributed by atoms with E-state index in [1.807, 2.05) is 0 Å². The van der Waals surface area contributed by atoms with Crippen molar-refractivity contribution >= 4 is 11.6 Å². The van der Waals surface area contributed by atoms with Crippen LogP contribution in [-0.2, 0) is 10.9 Å². The monoisotopic (exact) mass is 365 g/mol. The van der Waals surface area contributed by atoms with Crippen LogP contribution < -0.4 is 10.1 Å². The molecule has 1 amide bonds. The number of rotatable bonds is 5. The highest BCUT2D eigenvalue weighted by Gasteiger charge is 2.34. The molecule has 1 aliphatic heterocycles. The molecule has 1 fully saturated rings. The molecular weight excluding hydrogens is 347 g/mol. The van der Waals surface area contributed by atoms with Gasteiger partial charge in [-0.15, -0.1) is 0 Å². The summed E-state index contributed by atoms with van der Waals surface area (Å²) < 4.78 is 50.3. The van der Waals surface area contributed by atoms with Crippen LogP contribution in [0.15, 0.2) is 48.5 Å². The van der Waals surface area contributed by atoms with E-state index in [2.05, 4.69) is 5.32 Å². The van der Waals surface area contributed by atoms with Gasteiger partial charge in [-0.05, 0) is 37.1 Å². The third kappa shape index (κ3) is 4.54. The van der Waals surface area contributed by atoms with Crippen LogP contribution in [0.2, 0.25) is 0 Å². The van der Waals surface area contributed by atoms with Crippen LogP contribution in [0.25, 0.3) is 0 Å². The van der Waals surface area contributed by atoms with E-state index >= 15 is 0 Å². The van der Waals surface area contributed by atoms with Crippen molar-refractivity contribution in [2.75, 3.05) is 18.5 Å². The maximum absolute atomic E-state index is 13.0. The van der Waals surface area contributed by atoms with E-state index in [1.54, 1.807) is 24.3 Å². The molecule has 1 heterocycles. The summed E-state index contributed by atoms with van der Waals surface area (Å²) in [7, 11) is 0. The van der Waals surface area contributed by atoms with Crippen molar-refractivity contribution in [1.82, 2.24) is 0 Å². The molecule has 0 bridgehead atoms. The maximum atomic E-state index is 13.0. The van der Waals surface area contributed by atoms with Crippen molar-refractivity contribution in [3.63, 3.8) is 0 Å². The van der Waals surface area contributed by atoms with E-state index in [-0.39, 0.29) is 6.10 Å². The lowest BCUT2D eigenvalue weighted by atomic mass is 10.1. The fraction of sp³-hybridized carbons (Fsp3) is 0.316. The Labute approximate surface area is 148 Å². The lowest BCUT2D eigenvalue weighted by Gasteiger charge is -2.14. The number of alkyl halides is 3. The van der Waals surface area contributed by atoms with Crippen LogP contribution >= 0.6 is 0 Å². The van der Waals surface area contributed by atoms with Crippen LogP contribution in [0.1, 0.15) is 28.8 Å². The van der Waals surface area contributed by atoms with E-state index in [0.29, 0.717) is 18.0 Å². The smallest absolute Gasteiger partial charge is 0.417 e. The molecule has 1 saturated heterocycles. The molecule has 2 aromatic rings. The maximum Gasteiger partial charge on any atom is 0.417 e. The largest absolute Gasteiger partial charge is 0.491 e. The molecular formula is C19H18F3NO3. The van der Waals surface area contributed by atoms with Crippen molar-refractivity contribution in [2.45, 2.75) is 25.1 Å². The second-order valence-corrected chi connectivity index (χ2v) is 5.97. The number of benzene rings is 2. The molecule has 0 aliphatic carbocycles. The van der Waals surface area contributed by atoms with Crippen molar-refractivity contribution in [3.8, 4) is 5.75 Å². The van der Waals surface area contributed by atoms with Crippen LogP contribution in [0.3, 0.4) is 0 Å². The summed E-state index contributed by atoms with van der Waals surface area (Å²) in [5.41, 5.74) is -1.04. The van der Waals surface area contributed by atoms with Crippen molar-refractivity contribution in [2.24, 2.45) is 0 Å². The van der Waals surface area contributed by atoms with E-state index in [4.69, 9.17) is 9.47 Å². The molecule has 0 radical (unpaired) electrons. The molecule has 3 rings (SSSR count). The number of carbonyl (C=O) groups is 1. The van der Waals surface area contributed by atoms with E-state index in [9.17, 15) is 18.0 Å². The van der Waals surface area contributed by atoms with Gasteiger partial charge in [0.15, 0.2) is 0 Å². The average molecular weight is 365 g/mol. The topological polar surface area (TPSA) is 47.6 Å². The summed E-state index contributed by atoms with van der Waals surface area (Å²) in [5, 5.41) is 2.49. The zero-order valence-corrected chi connectivity index (χ0v) is 13.9. The Kier molecular flexibility index (Phi) is 5.46. The van der Waals surface area contributed by atoms with E-state index < -0.39 is 23.2 Å². The van der Waals surface area contributed by atoms with Crippen molar-refractivity contribution in [3.05, 3.63) is 59.7 Å². The predicted octanol–water partition coefficient (Wildman–Crippen LogP) is 4.52. The Bertz CT molecular complexity index is 771. The SMILES string of the molecule is O=C(Nc1cccc(OC[C@H]2CCCO2)c1)c1ccccc1C(F)(F)F. The summed E-state index contributed by atoms with van der Waals surface area (Å²) in [5.74, 6) is -0.309. The first-order valence-electron chi connectivity index (χ1n) is 8.25. The summed E-state index contributed by atoms with van der Waals surface area (Å²) >= 11 is 0. The Balaban J connectivity index is 1.69. The molecule has 0 saturated carbocycles. The Morgan fingerprint density at radius 2 is 2.00 bits per heavy atom. The minimum absolute atomic E-state index is 0.0481. The molecule has 1 N–H and O–H groups in total. The van der Waals surface area contributed by atoms with Gasteiger partial charge in [-0.1, -0.05) is 18.2 Å². The standard InChI is InChI=1S/C19H18F3NO3/c20-19(21,22)17-9-2-1-8-16(17)18(24)23-13-5-3-6-14(11-13)26-12-15-7-4-10-25-15/h1-3,5-6,8-9,11,15H,4,7,10,12H2,(H,23,24)/t15-/m1/s1. The van der Waals surface area contributed by atoms with Gasteiger partial charge in [0.25, 0.3) is 5.91 Å². The number of hydrogen-bond donors (Lipinski definition) is 1. The van der Waals surface area contributed by atoms with Crippen molar-refractivity contribution in [1.29, 1.82) is 0 Å². The lowest BCUT2D eigenvalue weighted by Crippen LogP contribution is -2.19. The van der Waals surface area contributed by atoms with Gasteiger partial charge < -0.3 is 14.8 Å². The van der Waals surface area contributed by atoms with E-state index in [0.717, 1.165) is 31.6 Å². The highest BCUT2D eigenvalue weighted by atomic mass is 19.4. The first-order chi connectivity index (χ1) is 12.4. The number of ether oxygens (including phenoxy) is 2. The minimum Gasteiger partial charge on any atom is -0.491 e. The summed E-state index contributed by atoms with van der Waals surface area (Å²) in [4.78, 5) is 12.3. The number of anilines is 1. The quantitative estimate of drug-likeness (QED) is 0.848. The lowest BCUT2D eigenvalue weighted by molar-refractivity contribution is -0.137. The molecule has 7 heteroatoms. The second kappa shape index (κ2) is 7.78. The number of carbonyl (C=O) groups excluding carboxylic acids is 1. The Hall–Kier alpha value is -2.54. The van der Waals surface area contributed by atoms with E-state index in [1.165, 1.54) is 12.1 Å². The summed E-state index contributed by atoms with van der Waals surface area (Å²) in [6.07, 6.45) is -2.61. The number of nitrogens with one attached hydrogen (secondary N) is 1. The van der Waals surface area contributed by atoms with Gasteiger partial charge in [0.1, 0.15) is 12.4 Å². The molecule has 0 spiro atoms. The molecule has 0 unspecified atom stereocenters. The Morgan fingerprint density at radius 1 is 1.19 bits per heavy atom. The molecule has 1 aliphatic rings. The highest BCUT2D eigenvalue weighted by molar-refractivity contribution is 6.05. The first kappa shape index (κ1) is 18.3. The molecule has 138 valence electrons. The van der Waals surface area contributed by atoms with Gasteiger partial charge in [-0.25, -0.2) is 0 Å². The van der Waals surface area contributed by atoms with Crippen LogP contribution in [0, 0.1) is 0 Å². The van der Waals surface area contributed by atoms with Crippen molar-refractivity contribution < 1.29 is 27.4 Å².